The minimum Gasteiger partial charge on any atom is -0.429 e. The molecule has 0 fully saturated rings. The fraction of sp³-hybridized carbons (Fsp3) is 0. The summed E-state index contributed by atoms with van der Waals surface area (Å²) in [5.41, 5.74) is 5.34. The van der Waals surface area contributed by atoms with Gasteiger partial charge in [0.2, 0.25) is 5.75 Å². The second-order valence-electron chi connectivity index (χ2n) is 3.40. The molecule has 0 unspecified atom stereocenters. The van der Waals surface area contributed by atoms with Gasteiger partial charge >= 0.3 is 5.69 Å². The number of hydrogen-bond acceptors (Lipinski definition) is 7. The molecule has 2 N–H and O–H groups in total. The van der Waals surface area contributed by atoms with Gasteiger partial charge in [-0.1, -0.05) is 0 Å². The quantitative estimate of drug-likeness (QED) is 0.653. The number of nitro benzene ring substituents is 1. The van der Waals surface area contributed by atoms with E-state index in [9.17, 15) is 10.1 Å². The molecule has 94 valence electrons. The van der Waals surface area contributed by atoms with Crippen LogP contribution in [-0.2, 0) is 0 Å². The summed E-state index contributed by atoms with van der Waals surface area (Å²) in [5, 5.41) is 19.6. The van der Waals surface area contributed by atoms with Gasteiger partial charge in [-0.25, -0.2) is 9.97 Å². The normalized spacial score (nSPS) is 9.63. The van der Waals surface area contributed by atoms with Gasteiger partial charge in [0.25, 0.3) is 5.88 Å². The summed E-state index contributed by atoms with van der Waals surface area (Å²) in [7, 11) is 0. The number of benzene rings is 1. The maximum absolute atomic E-state index is 10.9. The average Bonchev–Trinajstić information content (AvgIpc) is 2.41. The van der Waals surface area contributed by atoms with Gasteiger partial charge in [0.15, 0.2) is 5.82 Å². The second kappa shape index (κ2) is 4.97. The van der Waals surface area contributed by atoms with Crippen LogP contribution in [0.4, 0.5) is 11.5 Å². The minimum absolute atomic E-state index is 0.0150. The van der Waals surface area contributed by atoms with E-state index in [1.807, 2.05) is 6.07 Å². The lowest BCUT2D eigenvalue weighted by molar-refractivity contribution is -0.385. The van der Waals surface area contributed by atoms with Crippen LogP contribution >= 0.6 is 0 Å². The van der Waals surface area contributed by atoms with Gasteiger partial charge in [-0.05, 0) is 12.1 Å². The lowest BCUT2D eigenvalue weighted by Gasteiger charge is -2.06. The van der Waals surface area contributed by atoms with Gasteiger partial charge in [-0.2, -0.15) is 5.26 Å². The zero-order valence-corrected chi connectivity index (χ0v) is 9.48. The van der Waals surface area contributed by atoms with Crippen molar-refractivity contribution in [2.45, 2.75) is 0 Å². The van der Waals surface area contributed by atoms with Gasteiger partial charge in [-0.3, -0.25) is 10.1 Å². The van der Waals surface area contributed by atoms with Crippen molar-refractivity contribution in [2.24, 2.45) is 0 Å². The van der Waals surface area contributed by atoms with E-state index in [4.69, 9.17) is 15.7 Å². The molecule has 0 spiro atoms. The number of nitrogens with two attached hydrogens (primary N) is 1. The zero-order chi connectivity index (χ0) is 13.8. The van der Waals surface area contributed by atoms with Crippen molar-refractivity contribution in [3.8, 4) is 17.7 Å². The largest absolute Gasteiger partial charge is 0.429 e. The summed E-state index contributed by atoms with van der Waals surface area (Å²) in [5.74, 6) is -0.0762. The Morgan fingerprint density at radius 2 is 2.11 bits per heavy atom. The number of nitro groups is 1. The average molecular weight is 257 g/mol. The topological polar surface area (TPSA) is 128 Å². The number of anilines is 1. The highest BCUT2D eigenvalue weighted by Crippen LogP contribution is 2.32. The highest BCUT2D eigenvalue weighted by atomic mass is 16.6. The molecule has 0 radical (unpaired) electrons. The molecule has 0 aliphatic rings. The van der Waals surface area contributed by atoms with Crippen LogP contribution in [0.2, 0.25) is 0 Å². The molecule has 0 atom stereocenters. The molecule has 1 aromatic carbocycles. The molecule has 0 saturated heterocycles. The third-order valence-corrected chi connectivity index (χ3v) is 2.18. The Balaban J connectivity index is 2.43. The van der Waals surface area contributed by atoms with E-state index in [1.165, 1.54) is 24.5 Å². The Kier molecular flexibility index (Phi) is 3.20. The van der Waals surface area contributed by atoms with Gasteiger partial charge in [0, 0.05) is 18.5 Å². The molecule has 0 saturated carbocycles. The van der Waals surface area contributed by atoms with Crippen LogP contribution < -0.4 is 10.5 Å². The molecule has 2 aromatic rings. The number of hydrogen-bond donors (Lipinski definition) is 1. The van der Waals surface area contributed by atoms with E-state index in [-0.39, 0.29) is 28.7 Å². The highest BCUT2D eigenvalue weighted by molar-refractivity contribution is 5.54. The van der Waals surface area contributed by atoms with Crippen LogP contribution in [0.25, 0.3) is 0 Å². The van der Waals surface area contributed by atoms with Crippen LogP contribution in [0.15, 0.2) is 30.6 Å². The number of nitrogens with zero attached hydrogens (tertiary/aromatic N) is 4. The monoisotopic (exact) mass is 257 g/mol. The Morgan fingerprint density at radius 1 is 1.37 bits per heavy atom. The number of nitriles is 1. The first-order chi connectivity index (χ1) is 9.11. The summed E-state index contributed by atoms with van der Waals surface area (Å²) >= 11 is 0. The van der Waals surface area contributed by atoms with Gasteiger partial charge in [0.05, 0.1) is 16.6 Å². The van der Waals surface area contributed by atoms with Gasteiger partial charge in [0.1, 0.15) is 0 Å². The van der Waals surface area contributed by atoms with Crippen molar-refractivity contribution in [3.63, 3.8) is 0 Å². The summed E-state index contributed by atoms with van der Waals surface area (Å²) < 4.78 is 5.25. The number of rotatable bonds is 3. The fourth-order valence-electron chi connectivity index (χ4n) is 1.33. The van der Waals surface area contributed by atoms with Gasteiger partial charge in [-0.15, -0.1) is 0 Å². The standard InChI is InChI=1S/C11H7N5O3/c12-6-7-1-2-9(8(5-7)16(17)18)19-11-10(13)14-3-4-15-11/h1-5H,(H2,13,14). The molecule has 0 aliphatic heterocycles. The molecule has 0 bridgehead atoms. The predicted octanol–water partition coefficient (Wildman–Crippen LogP) is 1.63. The first kappa shape index (κ1) is 12.3. The Hall–Kier alpha value is -3.21. The minimum atomic E-state index is -0.650. The fourth-order valence-corrected chi connectivity index (χ4v) is 1.33. The predicted molar refractivity (Wildman–Crippen MR) is 64.3 cm³/mol. The smallest absolute Gasteiger partial charge is 0.312 e. The van der Waals surface area contributed by atoms with E-state index >= 15 is 0 Å². The lowest BCUT2D eigenvalue weighted by Crippen LogP contribution is -1.99. The van der Waals surface area contributed by atoms with Crippen LogP contribution in [-0.4, -0.2) is 14.9 Å². The summed E-state index contributed by atoms with van der Waals surface area (Å²) in [6.45, 7) is 0. The van der Waals surface area contributed by atoms with E-state index in [0.29, 0.717) is 0 Å². The van der Waals surface area contributed by atoms with Crippen molar-refractivity contribution in [1.82, 2.24) is 9.97 Å². The third kappa shape index (κ3) is 2.55. The second-order valence-corrected chi connectivity index (χ2v) is 3.40. The number of ether oxygens (including phenoxy) is 1. The van der Waals surface area contributed by atoms with E-state index in [0.717, 1.165) is 6.07 Å². The molecular formula is C11H7N5O3. The SMILES string of the molecule is N#Cc1ccc(Oc2nccnc2N)c([N+](=O)[O-])c1. The Bertz CT molecular complexity index is 680. The van der Waals surface area contributed by atoms with Crippen molar-refractivity contribution in [1.29, 1.82) is 5.26 Å². The molecule has 8 nitrogen and oxygen atoms in total. The maximum Gasteiger partial charge on any atom is 0.312 e. The van der Waals surface area contributed by atoms with Crippen LogP contribution in [0.1, 0.15) is 5.56 Å². The maximum atomic E-state index is 10.9. The molecule has 8 heteroatoms. The van der Waals surface area contributed by atoms with Crippen molar-refractivity contribution >= 4 is 11.5 Å². The molecule has 1 aromatic heterocycles. The van der Waals surface area contributed by atoms with Crippen molar-refractivity contribution in [3.05, 3.63) is 46.3 Å². The first-order valence-electron chi connectivity index (χ1n) is 5.04. The Morgan fingerprint density at radius 3 is 2.74 bits per heavy atom. The number of aromatic nitrogens is 2. The van der Waals surface area contributed by atoms with Gasteiger partial charge < -0.3 is 10.5 Å². The molecule has 0 aliphatic carbocycles. The first-order valence-corrected chi connectivity index (χ1v) is 5.04. The Labute approximate surface area is 107 Å². The lowest BCUT2D eigenvalue weighted by atomic mass is 10.2. The van der Waals surface area contributed by atoms with E-state index in [1.54, 1.807) is 0 Å². The summed E-state index contributed by atoms with van der Waals surface area (Å²) in [6, 6.07) is 5.63. The summed E-state index contributed by atoms with van der Waals surface area (Å²) in [6.07, 6.45) is 2.72. The van der Waals surface area contributed by atoms with Crippen molar-refractivity contribution < 1.29 is 9.66 Å². The molecule has 19 heavy (non-hydrogen) atoms. The summed E-state index contributed by atoms with van der Waals surface area (Å²) in [4.78, 5) is 17.8. The molecule has 1 heterocycles. The third-order valence-electron chi connectivity index (χ3n) is 2.18. The highest BCUT2D eigenvalue weighted by Gasteiger charge is 2.18. The van der Waals surface area contributed by atoms with Crippen LogP contribution in [0.5, 0.6) is 11.6 Å². The van der Waals surface area contributed by atoms with E-state index < -0.39 is 4.92 Å². The van der Waals surface area contributed by atoms with Crippen molar-refractivity contribution in [2.75, 3.05) is 5.73 Å². The molecular weight excluding hydrogens is 250 g/mol. The molecule has 0 amide bonds. The number of nitrogen functional groups attached to an aromatic ring is 1. The van der Waals surface area contributed by atoms with Crippen LogP contribution in [0.3, 0.4) is 0 Å². The van der Waals surface area contributed by atoms with Crippen LogP contribution in [0, 0.1) is 21.4 Å². The molecule has 2 rings (SSSR count). The zero-order valence-electron chi connectivity index (χ0n) is 9.48. The van der Waals surface area contributed by atoms with E-state index in [2.05, 4.69) is 9.97 Å².